The fraction of sp³-hybridized carbons (Fsp3) is 0.0312. The first-order valence-electron chi connectivity index (χ1n) is 23.4. The average molecular weight is 871 g/mol. The van der Waals surface area contributed by atoms with Crippen LogP contribution in [0.4, 0.5) is 34.1 Å². The van der Waals surface area contributed by atoms with Gasteiger partial charge in [0.05, 0.1) is 22.7 Å². The smallest absolute Gasteiger partial charge is 0.151 e. The van der Waals surface area contributed by atoms with E-state index in [2.05, 4.69) is 222 Å². The van der Waals surface area contributed by atoms with Gasteiger partial charge in [0.15, 0.2) is 23.0 Å². The Labute approximate surface area is 394 Å². The number of nitrogens with zero attached hydrogens (tertiary/aromatic N) is 2. The molecule has 1 aliphatic carbocycles. The molecule has 0 radical (unpaired) electrons. The molecule has 3 aliphatic rings. The number of ether oxygens (including phenoxy) is 2. The summed E-state index contributed by atoms with van der Waals surface area (Å²) in [7, 11) is 0. The minimum absolute atomic E-state index is 0.104. The zero-order valence-electron chi connectivity index (χ0n) is 37.0. The van der Waals surface area contributed by atoms with Gasteiger partial charge < -0.3 is 19.3 Å². The topological polar surface area (TPSA) is 24.9 Å². The van der Waals surface area contributed by atoms with Gasteiger partial charge in [-0.2, -0.15) is 0 Å². The standard InChI is InChI=1S/C64H42N2O2/c1-2-18-43-38-44(33-32-41(43)16-1)63-51-36-34-46(66-57-26-9-13-30-61(57)68-62-31-14-10-27-58(62)66)40-54(51)64(50-22-6-5-21-49(50)48-23-15-19-42-17-3-4-20-47(42)48)52-37-35-45(39-53(52)63)65-55-24-7-11-28-59(55)67-60-29-12-8-25-56(60)65/h1-32,34-40,44H,33H2. The van der Waals surface area contributed by atoms with Gasteiger partial charge in [0.2, 0.25) is 0 Å². The highest BCUT2D eigenvalue weighted by atomic mass is 16.5. The number of rotatable bonds is 5. The van der Waals surface area contributed by atoms with Gasteiger partial charge in [0, 0.05) is 17.3 Å². The van der Waals surface area contributed by atoms with E-state index in [1.807, 2.05) is 24.3 Å². The van der Waals surface area contributed by atoms with Gasteiger partial charge in [-0.3, -0.25) is 0 Å². The Kier molecular flexibility index (Phi) is 8.68. The van der Waals surface area contributed by atoms with E-state index in [9.17, 15) is 0 Å². The second kappa shape index (κ2) is 15.4. The fourth-order valence-electron chi connectivity index (χ4n) is 11.2. The van der Waals surface area contributed by atoms with Gasteiger partial charge in [0.25, 0.3) is 0 Å². The summed E-state index contributed by atoms with van der Waals surface area (Å²) in [5.74, 6) is 3.43. The quantitative estimate of drug-likeness (QED) is 0.161. The van der Waals surface area contributed by atoms with Crippen LogP contribution in [-0.4, -0.2) is 0 Å². The SMILES string of the molecule is C1=c2ccccc2=CC(c2c3ccc(N4c5ccccc5Oc5ccccc54)cc3c(-c3ccccc3-c3cccc4ccccc34)c3ccc(N4c5ccccc5Oc5ccccc54)cc23)C1. The summed E-state index contributed by atoms with van der Waals surface area (Å²) in [6, 6.07) is 81.0. The van der Waals surface area contributed by atoms with Crippen molar-refractivity contribution in [1.82, 2.24) is 0 Å². The lowest BCUT2D eigenvalue weighted by Gasteiger charge is -2.34. The Bertz CT molecular complexity index is 3910. The third kappa shape index (κ3) is 6.01. The van der Waals surface area contributed by atoms with Crippen molar-refractivity contribution >= 4 is 78.6 Å². The largest absolute Gasteiger partial charge is 0.453 e. The molecule has 0 aromatic heterocycles. The maximum absolute atomic E-state index is 6.54. The first kappa shape index (κ1) is 38.4. The summed E-state index contributed by atoms with van der Waals surface area (Å²) in [6.07, 6.45) is 5.81. The van der Waals surface area contributed by atoms with Crippen LogP contribution in [0.5, 0.6) is 23.0 Å². The van der Waals surface area contributed by atoms with Crippen molar-refractivity contribution in [3.63, 3.8) is 0 Å². The molecule has 320 valence electrons. The molecule has 0 spiro atoms. The molecular formula is C64H42N2O2. The van der Waals surface area contributed by atoms with E-state index in [1.54, 1.807) is 0 Å². The number of anilines is 6. The summed E-state index contributed by atoms with van der Waals surface area (Å²) in [5, 5.41) is 9.85. The highest BCUT2D eigenvalue weighted by Gasteiger charge is 2.30. The van der Waals surface area contributed by atoms with Crippen LogP contribution in [0.2, 0.25) is 0 Å². The van der Waals surface area contributed by atoms with E-state index >= 15 is 0 Å². The first-order valence-corrected chi connectivity index (χ1v) is 23.4. The molecule has 2 aliphatic heterocycles. The summed E-state index contributed by atoms with van der Waals surface area (Å²) in [5.41, 5.74) is 12.3. The summed E-state index contributed by atoms with van der Waals surface area (Å²) >= 11 is 0. The van der Waals surface area contributed by atoms with E-state index in [4.69, 9.17) is 9.47 Å². The van der Waals surface area contributed by atoms with E-state index in [-0.39, 0.29) is 5.92 Å². The van der Waals surface area contributed by atoms with Crippen LogP contribution in [0.25, 0.3) is 66.7 Å². The Morgan fingerprint density at radius 3 is 1.49 bits per heavy atom. The molecule has 68 heavy (non-hydrogen) atoms. The van der Waals surface area contributed by atoms with Crippen molar-refractivity contribution in [2.45, 2.75) is 12.3 Å². The molecule has 0 N–H and O–H groups in total. The molecule has 0 fully saturated rings. The number of fused-ring (bicyclic) bond motifs is 8. The van der Waals surface area contributed by atoms with Gasteiger partial charge in [-0.25, -0.2) is 0 Å². The monoisotopic (exact) mass is 870 g/mol. The predicted molar refractivity (Wildman–Crippen MR) is 281 cm³/mol. The Morgan fingerprint density at radius 1 is 0.353 bits per heavy atom. The first-order chi connectivity index (χ1) is 33.7. The number of para-hydroxylation sites is 8. The Hall–Kier alpha value is -8.86. The number of hydrogen-bond donors (Lipinski definition) is 0. The summed E-state index contributed by atoms with van der Waals surface area (Å²) < 4.78 is 13.1. The van der Waals surface area contributed by atoms with Gasteiger partial charge >= 0.3 is 0 Å². The van der Waals surface area contributed by atoms with Crippen LogP contribution in [0.3, 0.4) is 0 Å². The molecule has 0 saturated carbocycles. The van der Waals surface area contributed by atoms with Gasteiger partial charge in [0.1, 0.15) is 0 Å². The molecule has 1 unspecified atom stereocenters. The predicted octanol–water partition coefficient (Wildman–Crippen LogP) is 16.4. The molecule has 4 nitrogen and oxygen atoms in total. The van der Waals surface area contributed by atoms with Gasteiger partial charge in [-0.05, 0) is 150 Å². The zero-order valence-corrected chi connectivity index (χ0v) is 37.0. The highest BCUT2D eigenvalue weighted by molar-refractivity contribution is 6.19. The highest BCUT2D eigenvalue weighted by Crippen LogP contribution is 2.55. The maximum Gasteiger partial charge on any atom is 0.151 e. The average Bonchev–Trinajstić information content (AvgIpc) is 3.40. The minimum atomic E-state index is 0.104. The lowest BCUT2D eigenvalue weighted by molar-refractivity contribution is 0.477. The van der Waals surface area contributed by atoms with Crippen molar-refractivity contribution in [3.05, 3.63) is 240 Å². The molecule has 11 aromatic rings. The van der Waals surface area contributed by atoms with Crippen molar-refractivity contribution in [1.29, 1.82) is 0 Å². The van der Waals surface area contributed by atoms with Crippen molar-refractivity contribution in [3.8, 4) is 45.3 Å². The van der Waals surface area contributed by atoms with Crippen molar-refractivity contribution in [2.24, 2.45) is 0 Å². The van der Waals surface area contributed by atoms with Crippen molar-refractivity contribution < 1.29 is 9.47 Å². The third-order valence-electron chi connectivity index (χ3n) is 14.1. The van der Waals surface area contributed by atoms with Crippen LogP contribution < -0.4 is 29.7 Å². The molecule has 4 heteroatoms. The van der Waals surface area contributed by atoms with Gasteiger partial charge in [-0.1, -0.05) is 164 Å². The van der Waals surface area contributed by atoms with Crippen LogP contribution in [0.15, 0.2) is 224 Å². The van der Waals surface area contributed by atoms with E-state index in [0.29, 0.717) is 0 Å². The third-order valence-corrected chi connectivity index (χ3v) is 14.1. The minimum Gasteiger partial charge on any atom is -0.453 e. The van der Waals surface area contributed by atoms with Crippen LogP contribution in [0.1, 0.15) is 17.9 Å². The van der Waals surface area contributed by atoms with Gasteiger partial charge in [-0.15, -0.1) is 0 Å². The van der Waals surface area contributed by atoms with Crippen LogP contribution >= 0.6 is 0 Å². The second-order valence-electron chi connectivity index (χ2n) is 17.9. The van der Waals surface area contributed by atoms with E-state index in [0.717, 1.165) is 63.5 Å². The Balaban J connectivity index is 1.11. The molecular weight excluding hydrogens is 829 g/mol. The lowest BCUT2D eigenvalue weighted by Crippen LogP contribution is -2.27. The molecule has 0 saturated heterocycles. The summed E-state index contributed by atoms with van der Waals surface area (Å²) in [4.78, 5) is 4.73. The molecule has 0 amide bonds. The van der Waals surface area contributed by atoms with E-state index in [1.165, 1.54) is 70.6 Å². The number of benzene rings is 11. The molecule has 2 heterocycles. The molecule has 1 atom stereocenters. The normalized spacial score (nSPS) is 14.4. The summed E-state index contributed by atoms with van der Waals surface area (Å²) in [6.45, 7) is 0. The molecule has 11 aromatic carbocycles. The lowest BCUT2D eigenvalue weighted by atomic mass is 9.79. The zero-order chi connectivity index (χ0) is 44.7. The van der Waals surface area contributed by atoms with E-state index < -0.39 is 0 Å². The van der Waals surface area contributed by atoms with Crippen LogP contribution in [0, 0.1) is 0 Å². The Morgan fingerprint density at radius 2 is 0.838 bits per heavy atom. The fourth-order valence-corrected chi connectivity index (χ4v) is 11.2. The maximum atomic E-state index is 6.54. The molecule has 14 rings (SSSR count). The second-order valence-corrected chi connectivity index (χ2v) is 17.9. The van der Waals surface area contributed by atoms with Crippen molar-refractivity contribution in [2.75, 3.05) is 9.80 Å². The van der Waals surface area contributed by atoms with Crippen LogP contribution in [-0.2, 0) is 0 Å². The molecule has 0 bridgehead atoms. The number of hydrogen-bond acceptors (Lipinski definition) is 4.